The molecule has 0 spiro atoms. The lowest BCUT2D eigenvalue weighted by Crippen LogP contribution is -2.35. The Bertz CT molecular complexity index is 148. The van der Waals surface area contributed by atoms with Crippen LogP contribution in [0.5, 0.6) is 0 Å². The minimum absolute atomic E-state index is 0.171. The predicted octanol–water partition coefficient (Wildman–Crippen LogP) is 1.02. The molecule has 12 heavy (non-hydrogen) atoms. The van der Waals surface area contributed by atoms with Gasteiger partial charge in [0.05, 0.1) is 19.8 Å². The topological polar surface area (TPSA) is 35.5 Å². The van der Waals surface area contributed by atoms with Crippen molar-refractivity contribution in [3.63, 3.8) is 0 Å². The first kappa shape index (κ1) is 9.68. The van der Waals surface area contributed by atoms with Gasteiger partial charge in [-0.2, -0.15) is 0 Å². The van der Waals surface area contributed by atoms with Crippen LogP contribution in [0.2, 0.25) is 0 Å². The van der Waals surface area contributed by atoms with Crippen LogP contribution in [-0.4, -0.2) is 31.7 Å². The van der Waals surface area contributed by atoms with E-state index in [0.717, 1.165) is 0 Å². The average molecular weight is 172 g/mol. The highest BCUT2D eigenvalue weighted by atomic mass is 16.6. The quantitative estimate of drug-likeness (QED) is 0.637. The Morgan fingerprint density at radius 2 is 2.25 bits per heavy atom. The molecule has 70 valence electrons. The summed E-state index contributed by atoms with van der Waals surface area (Å²) in [5.41, 5.74) is 0. The zero-order chi connectivity index (χ0) is 8.97. The zero-order valence-electron chi connectivity index (χ0n) is 7.71. The van der Waals surface area contributed by atoms with Crippen molar-refractivity contribution in [2.75, 3.05) is 19.8 Å². The van der Waals surface area contributed by atoms with Crippen molar-refractivity contribution in [3.8, 4) is 0 Å². The summed E-state index contributed by atoms with van der Waals surface area (Å²) in [4.78, 5) is 11.4. The van der Waals surface area contributed by atoms with Crippen LogP contribution < -0.4 is 0 Å². The monoisotopic (exact) mass is 172 g/mol. The van der Waals surface area contributed by atoms with E-state index in [-0.39, 0.29) is 11.9 Å². The molecule has 3 heteroatoms. The molecule has 1 unspecified atom stereocenters. The fourth-order valence-electron chi connectivity index (χ4n) is 1.21. The van der Waals surface area contributed by atoms with E-state index in [1.54, 1.807) is 0 Å². The summed E-state index contributed by atoms with van der Waals surface area (Å²) in [5, 5.41) is 0. The third-order valence-corrected chi connectivity index (χ3v) is 1.78. The van der Waals surface area contributed by atoms with E-state index < -0.39 is 0 Å². The van der Waals surface area contributed by atoms with Crippen molar-refractivity contribution in [2.45, 2.75) is 26.4 Å². The third kappa shape index (κ3) is 2.91. The molecule has 1 saturated heterocycles. The zero-order valence-corrected chi connectivity index (χ0v) is 7.71. The highest BCUT2D eigenvalue weighted by Gasteiger charge is 2.22. The summed E-state index contributed by atoms with van der Waals surface area (Å²) in [5.74, 6) is 0.577. The van der Waals surface area contributed by atoms with Crippen molar-refractivity contribution >= 4 is 5.78 Å². The van der Waals surface area contributed by atoms with Crippen LogP contribution in [0.25, 0.3) is 0 Å². The maximum absolute atomic E-state index is 11.4. The Hall–Kier alpha value is -0.410. The second-order valence-electron chi connectivity index (χ2n) is 3.50. The second-order valence-corrected chi connectivity index (χ2v) is 3.50. The lowest BCUT2D eigenvalue weighted by molar-refractivity contribution is -0.146. The molecular formula is C9H16O3. The summed E-state index contributed by atoms with van der Waals surface area (Å²) in [6, 6.07) is 0. The number of ketones is 1. The molecule has 1 heterocycles. The van der Waals surface area contributed by atoms with Gasteiger partial charge in [-0.15, -0.1) is 0 Å². The van der Waals surface area contributed by atoms with Crippen LogP contribution >= 0.6 is 0 Å². The van der Waals surface area contributed by atoms with Gasteiger partial charge in [0, 0.05) is 6.42 Å². The number of carbonyl (C=O) groups is 1. The molecule has 1 atom stereocenters. The van der Waals surface area contributed by atoms with Crippen LogP contribution in [0, 0.1) is 5.92 Å². The molecule has 0 radical (unpaired) electrons. The Balaban J connectivity index is 2.30. The minimum Gasteiger partial charge on any atom is -0.376 e. The van der Waals surface area contributed by atoms with Gasteiger partial charge in [-0.3, -0.25) is 4.79 Å². The van der Waals surface area contributed by atoms with Crippen LogP contribution in [0.3, 0.4) is 0 Å². The predicted molar refractivity (Wildman–Crippen MR) is 45.0 cm³/mol. The van der Waals surface area contributed by atoms with E-state index >= 15 is 0 Å². The molecule has 1 fully saturated rings. The largest absolute Gasteiger partial charge is 0.376 e. The van der Waals surface area contributed by atoms with Gasteiger partial charge in [-0.05, 0) is 5.92 Å². The third-order valence-electron chi connectivity index (χ3n) is 1.78. The summed E-state index contributed by atoms with van der Waals surface area (Å²) in [7, 11) is 0. The van der Waals surface area contributed by atoms with Crippen molar-refractivity contribution in [1.29, 1.82) is 0 Å². The van der Waals surface area contributed by atoms with Gasteiger partial charge in [0.1, 0.15) is 6.10 Å². The lowest BCUT2D eigenvalue weighted by Gasteiger charge is -2.22. The smallest absolute Gasteiger partial charge is 0.164 e. The normalized spacial score (nSPS) is 24.4. The Kier molecular flexibility index (Phi) is 3.69. The van der Waals surface area contributed by atoms with Gasteiger partial charge in [-0.1, -0.05) is 13.8 Å². The van der Waals surface area contributed by atoms with Crippen LogP contribution in [0.15, 0.2) is 0 Å². The molecular weight excluding hydrogens is 156 g/mol. The number of rotatable bonds is 3. The lowest BCUT2D eigenvalue weighted by atomic mass is 10.0. The number of hydrogen-bond donors (Lipinski definition) is 0. The van der Waals surface area contributed by atoms with E-state index in [9.17, 15) is 4.79 Å². The molecule has 0 saturated carbocycles. The van der Waals surface area contributed by atoms with Gasteiger partial charge in [0.25, 0.3) is 0 Å². The van der Waals surface area contributed by atoms with E-state index in [0.29, 0.717) is 32.2 Å². The van der Waals surface area contributed by atoms with E-state index in [2.05, 4.69) is 0 Å². The first-order valence-corrected chi connectivity index (χ1v) is 4.42. The number of ether oxygens (including phenoxy) is 2. The van der Waals surface area contributed by atoms with Gasteiger partial charge in [-0.25, -0.2) is 0 Å². The summed E-state index contributed by atoms with van der Waals surface area (Å²) >= 11 is 0. The molecule has 1 aliphatic heterocycles. The van der Waals surface area contributed by atoms with Gasteiger partial charge >= 0.3 is 0 Å². The molecule has 0 N–H and O–H groups in total. The Morgan fingerprint density at radius 1 is 1.50 bits per heavy atom. The molecule has 0 bridgehead atoms. The summed E-state index contributed by atoms with van der Waals surface area (Å²) in [6.07, 6.45) is 0.287. The van der Waals surface area contributed by atoms with Crippen molar-refractivity contribution < 1.29 is 14.3 Å². The van der Waals surface area contributed by atoms with Crippen LogP contribution in [-0.2, 0) is 14.3 Å². The maximum Gasteiger partial charge on any atom is 0.164 e. The van der Waals surface area contributed by atoms with E-state index in [1.165, 1.54) is 0 Å². The molecule has 1 aliphatic rings. The van der Waals surface area contributed by atoms with Crippen molar-refractivity contribution in [3.05, 3.63) is 0 Å². The molecule has 3 nitrogen and oxygen atoms in total. The Morgan fingerprint density at radius 3 is 2.75 bits per heavy atom. The molecule has 0 aliphatic carbocycles. The maximum atomic E-state index is 11.4. The Labute approximate surface area is 73.0 Å². The summed E-state index contributed by atoms with van der Waals surface area (Å²) < 4.78 is 10.4. The molecule has 1 rings (SSSR count). The standard InChI is InChI=1S/C9H16O3/c1-7(2)5-8(10)9-6-11-3-4-12-9/h7,9H,3-6H2,1-2H3. The summed E-state index contributed by atoms with van der Waals surface area (Å²) in [6.45, 7) is 5.66. The number of carbonyl (C=O) groups excluding carboxylic acids is 1. The van der Waals surface area contributed by atoms with Crippen LogP contribution in [0.1, 0.15) is 20.3 Å². The first-order chi connectivity index (χ1) is 5.70. The molecule has 0 aromatic rings. The van der Waals surface area contributed by atoms with Crippen LogP contribution in [0.4, 0.5) is 0 Å². The van der Waals surface area contributed by atoms with E-state index in [4.69, 9.17) is 9.47 Å². The molecule has 0 aromatic carbocycles. The van der Waals surface area contributed by atoms with Crippen molar-refractivity contribution in [1.82, 2.24) is 0 Å². The molecule has 0 amide bonds. The van der Waals surface area contributed by atoms with Crippen molar-refractivity contribution in [2.24, 2.45) is 5.92 Å². The second kappa shape index (κ2) is 4.58. The fourth-order valence-corrected chi connectivity index (χ4v) is 1.21. The SMILES string of the molecule is CC(C)CC(=O)C1COCCO1. The highest BCUT2D eigenvalue weighted by Crippen LogP contribution is 2.08. The number of hydrogen-bond acceptors (Lipinski definition) is 3. The van der Waals surface area contributed by atoms with Gasteiger partial charge in [0.15, 0.2) is 5.78 Å². The average Bonchev–Trinajstić information content (AvgIpc) is 2.05. The number of Topliss-reactive ketones (excluding diaryl/α,β-unsaturated/α-hetero) is 1. The first-order valence-electron chi connectivity index (χ1n) is 4.42. The fraction of sp³-hybridized carbons (Fsp3) is 0.889. The molecule has 0 aromatic heterocycles. The van der Waals surface area contributed by atoms with E-state index in [1.807, 2.05) is 13.8 Å². The highest BCUT2D eigenvalue weighted by molar-refractivity contribution is 5.83. The minimum atomic E-state index is -0.304. The van der Waals surface area contributed by atoms with Gasteiger partial charge < -0.3 is 9.47 Å². The van der Waals surface area contributed by atoms with Gasteiger partial charge in [0.2, 0.25) is 0 Å².